The van der Waals surface area contributed by atoms with Crippen molar-refractivity contribution in [2.45, 2.75) is 20.5 Å². The van der Waals surface area contributed by atoms with Crippen molar-refractivity contribution in [3.05, 3.63) is 124 Å². The van der Waals surface area contributed by atoms with Crippen molar-refractivity contribution in [3.63, 3.8) is 0 Å². The zero-order valence-corrected chi connectivity index (χ0v) is 24.0. The molecule has 4 aromatic carbocycles. The summed E-state index contributed by atoms with van der Waals surface area (Å²) in [7, 11) is 0. The van der Waals surface area contributed by atoms with Crippen molar-refractivity contribution < 1.29 is 18.7 Å². The largest absolute Gasteiger partial charge is 0.490 e. The highest BCUT2D eigenvalue weighted by molar-refractivity contribution is 7.14. The summed E-state index contributed by atoms with van der Waals surface area (Å²) in [6, 6.07) is 26.9. The molecule has 0 aliphatic heterocycles. The summed E-state index contributed by atoms with van der Waals surface area (Å²) >= 11 is 1.52. The van der Waals surface area contributed by atoms with Gasteiger partial charge in [-0.25, -0.2) is 14.8 Å². The standard InChI is InChI=1S/C33H29FN4O3S/c1-3-40-31-18-24(8-17-30(31)41-20-23-6-13-27(34)14-7-23)19-35-38-32(39)26-11-9-25(10-12-26)29-21-42-33(37-29)36-28-15-4-22(2)5-16-28/h4-19,21H,3,20H2,1-2H3,(H,36,37)(H,38,39)/b35-19-. The molecule has 0 aliphatic rings. The Bertz CT molecular complexity index is 1670. The van der Waals surface area contributed by atoms with E-state index >= 15 is 0 Å². The molecule has 5 aromatic rings. The van der Waals surface area contributed by atoms with Gasteiger partial charge < -0.3 is 14.8 Å². The van der Waals surface area contributed by atoms with E-state index in [0.29, 0.717) is 23.7 Å². The maximum Gasteiger partial charge on any atom is 0.271 e. The number of hydrazone groups is 1. The molecule has 212 valence electrons. The van der Waals surface area contributed by atoms with Crippen LogP contribution in [0.1, 0.15) is 34.0 Å². The van der Waals surface area contributed by atoms with Gasteiger partial charge in [0.05, 0.1) is 18.5 Å². The first-order valence-corrected chi connectivity index (χ1v) is 14.2. The molecule has 0 radical (unpaired) electrons. The molecule has 0 aliphatic carbocycles. The van der Waals surface area contributed by atoms with Crippen molar-refractivity contribution >= 4 is 34.3 Å². The number of rotatable bonds is 11. The van der Waals surface area contributed by atoms with Gasteiger partial charge in [0, 0.05) is 22.2 Å². The smallest absolute Gasteiger partial charge is 0.271 e. The maximum atomic E-state index is 13.1. The van der Waals surface area contributed by atoms with Crippen LogP contribution in [0.4, 0.5) is 15.2 Å². The molecule has 1 heterocycles. The lowest BCUT2D eigenvalue weighted by atomic mass is 10.1. The molecular weight excluding hydrogens is 551 g/mol. The molecule has 0 saturated heterocycles. The lowest BCUT2D eigenvalue weighted by Gasteiger charge is -2.12. The van der Waals surface area contributed by atoms with Gasteiger partial charge in [0.15, 0.2) is 16.6 Å². The summed E-state index contributed by atoms with van der Waals surface area (Å²) in [5.74, 6) is 0.477. The van der Waals surface area contributed by atoms with Gasteiger partial charge in [-0.1, -0.05) is 42.0 Å². The molecule has 1 aromatic heterocycles. The molecule has 5 rings (SSSR count). The summed E-state index contributed by atoms with van der Waals surface area (Å²) < 4.78 is 24.7. The number of thiazole rings is 1. The molecule has 0 atom stereocenters. The van der Waals surface area contributed by atoms with E-state index in [4.69, 9.17) is 9.47 Å². The van der Waals surface area contributed by atoms with Gasteiger partial charge in [0.1, 0.15) is 12.4 Å². The fourth-order valence-electron chi connectivity index (χ4n) is 3.98. The van der Waals surface area contributed by atoms with Crippen LogP contribution in [0.5, 0.6) is 11.5 Å². The average molecular weight is 581 g/mol. The fourth-order valence-corrected chi connectivity index (χ4v) is 4.72. The highest BCUT2D eigenvalue weighted by atomic mass is 32.1. The molecule has 7 nitrogen and oxygen atoms in total. The number of hydrogen-bond acceptors (Lipinski definition) is 7. The van der Waals surface area contributed by atoms with Crippen LogP contribution in [0, 0.1) is 12.7 Å². The molecule has 2 N–H and O–H groups in total. The van der Waals surface area contributed by atoms with E-state index in [1.165, 1.54) is 35.2 Å². The molecule has 1 amide bonds. The van der Waals surface area contributed by atoms with Gasteiger partial charge >= 0.3 is 0 Å². The SMILES string of the molecule is CCOc1cc(/C=N\NC(=O)c2ccc(-c3csc(Nc4ccc(C)cc4)n3)cc2)ccc1OCc1ccc(F)cc1. The first-order chi connectivity index (χ1) is 20.5. The number of aryl methyl sites for hydroxylation is 1. The molecule has 0 fully saturated rings. The number of amides is 1. The molecule has 0 saturated carbocycles. The van der Waals surface area contributed by atoms with Crippen LogP contribution in [-0.4, -0.2) is 23.7 Å². The Morgan fingerprint density at radius 1 is 0.952 bits per heavy atom. The van der Waals surface area contributed by atoms with Crippen molar-refractivity contribution in [2.75, 3.05) is 11.9 Å². The second-order valence-electron chi connectivity index (χ2n) is 9.36. The highest BCUT2D eigenvalue weighted by Crippen LogP contribution is 2.29. The molecule has 0 unspecified atom stereocenters. The summed E-state index contributed by atoms with van der Waals surface area (Å²) in [4.78, 5) is 17.3. The second-order valence-corrected chi connectivity index (χ2v) is 10.2. The third kappa shape index (κ3) is 7.58. The Morgan fingerprint density at radius 2 is 1.71 bits per heavy atom. The summed E-state index contributed by atoms with van der Waals surface area (Å²) in [6.07, 6.45) is 1.54. The maximum absolute atomic E-state index is 13.1. The van der Waals surface area contributed by atoms with E-state index in [9.17, 15) is 9.18 Å². The van der Waals surface area contributed by atoms with Crippen LogP contribution in [-0.2, 0) is 6.61 Å². The number of anilines is 2. The van der Waals surface area contributed by atoms with Gasteiger partial charge in [-0.05, 0) is 79.6 Å². The zero-order chi connectivity index (χ0) is 29.3. The Morgan fingerprint density at radius 3 is 2.45 bits per heavy atom. The Labute approximate surface area is 247 Å². The van der Waals surface area contributed by atoms with Crippen molar-refractivity contribution in [2.24, 2.45) is 5.10 Å². The van der Waals surface area contributed by atoms with Gasteiger partial charge in [-0.15, -0.1) is 11.3 Å². The number of nitrogens with one attached hydrogen (secondary N) is 2. The quantitative estimate of drug-likeness (QED) is 0.123. The van der Waals surface area contributed by atoms with Crippen LogP contribution < -0.4 is 20.2 Å². The lowest BCUT2D eigenvalue weighted by molar-refractivity contribution is 0.0955. The number of halogens is 1. The Balaban J connectivity index is 1.17. The van der Waals surface area contributed by atoms with Gasteiger partial charge in [-0.3, -0.25) is 4.79 Å². The van der Waals surface area contributed by atoms with Crippen molar-refractivity contribution in [1.29, 1.82) is 0 Å². The first kappa shape index (κ1) is 28.5. The minimum Gasteiger partial charge on any atom is -0.490 e. The monoisotopic (exact) mass is 580 g/mol. The second kappa shape index (κ2) is 13.6. The van der Waals surface area contributed by atoms with Gasteiger partial charge in [0.25, 0.3) is 5.91 Å². The van der Waals surface area contributed by atoms with Gasteiger partial charge in [0.2, 0.25) is 0 Å². The number of ether oxygens (including phenoxy) is 2. The van der Waals surface area contributed by atoms with Crippen LogP contribution >= 0.6 is 11.3 Å². The Hall–Kier alpha value is -5.02. The zero-order valence-electron chi connectivity index (χ0n) is 23.1. The number of carbonyl (C=O) groups is 1. The predicted octanol–water partition coefficient (Wildman–Crippen LogP) is 7.74. The van der Waals surface area contributed by atoms with Crippen LogP contribution in [0.3, 0.4) is 0 Å². The average Bonchev–Trinajstić information content (AvgIpc) is 3.47. The van der Waals surface area contributed by atoms with Gasteiger partial charge in [-0.2, -0.15) is 5.10 Å². The fraction of sp³-hybridized carbons (Fsp3) is 0.121. The number of aromatic nitrogens is 1. The van der Waals surface area contributed by atoms with Crippen molar-refractivity contribution in [1.82, 2.24) is 10.4 Å². The highest BCUT2D eigenvalue weighted by Gasteiger charge is 2.10. The molecule has 42 heavy (non-hydrogen) atoms. The third-order valence-electron chi connectivity index (χ3n) is 6.20. The predicted molar refractivity (Wildman–Crippen MR) is 165 cm³/mol. The van der Waals surface area contributed by atoms with E-state index in [0.717, 1.165) is 33.2 Å². The lowest BCUT2D eigenvalue weighted by Crippen LogP contribution is -2.17. The number of hydrogen-bond donors (Lipinski definition) is 2. The van der Waals surface area contributed by atoms with Crippen LogP contribution in [0.15, 0.2) is 101 Å². The molecular formula is C33H29FN4O3S. The number of carbonyl (C=O) groups excluding carboxylic acids is 1. The molecule has 0 spiro atoms. The summed E-state index contributed by atoms with van der Waals surface area (Å²) in [5.41, 5.74) is 8.52. The topological polar surface area (TPSA) is 84.8 Å². The van der Waals surface area contributed by atoms with Crippen LogP contribution in [0.2, 0.25) is 0 Å². The van der Waals surface area contributed by atoms with Crippen LogP contribution in [0.25, 0.3) is 11.3 Å². The summed E-state index contributed by atoms with van der Waals surface area (Å²) in [6.45, 7) is 4.66. The minimum atomic E-state index is -0.331. The Kier molecular flexibility index (Phi) is 9.20. The van der Waals surface area contributed by atoms with Crippen molar-refractivity contribution in [3.8, 4) is 22.8 Å². The van der Waals surface area contributed by atoms with E-state index in [1.54, 1.807) is 36.4 Å². The van der Waals surface area contributed by atoms with E-state index in [1.807, 2.05) is 54.8 Å². The summed E-state index contributed by atoms with van der Waals surface area (Å²) in [5, 5.41) is 10.2. The van der Waals surface area contributed by atoms with E-state index in [-0.39, 0.29) is 18.3 Å². The first-order valence-electron chi connectivity index (χ1n) is 13.3. The minimum absolute atomic E-state index is 0.274. The normalized spacial score (nSPS) is 10.9. The van der Waals surface area contributed by atoms with E-state index < -0.39 is 0 Å². The molecule has 0 bridgehead atoms. The molecule has 9 heteroatoms. The third-order valence-corrected chi connectivity index (χ3v) is 6.96. The van der Waals surface area contributed by atoms with E-state index in [2.05, 4.69) is 27.8 Å². The number of nitrogens with zero attached hydrogens (tertiary/aromatic N) is 2. The number of benzene rings is 4.